The Morgan fingerprint density at radius 2 is 1.70 bits per heavy atom. The second kappa shape index (κ2) is 7.12. The first-order valence-electron chi connectivity index (χ1n) is 8.87. The molecule has 126 valence electrons. The second-order valence-corrected chi connectivity index (χ2v) is 6.95. The third-order valence-corrected chi connectivity index (χ3v) is 5.29. The zero-order valence-corrected chi connectivity index (χ0v) is 13.9. The Hall–Kier alpha value is -1.22. The molecule has 3 heteroatoms. The molecule has 1 fully saturated rings. The number of rotatable bonds is 4. The molecule has 23 heavy (non-hydrogen) atoms. The van der Waals surface area contributed by atoms with Crippen molar-refractivity contribution in [2.24, 2.45) is 5.92 Å². The maximum atomic E-state index is 13.0. The number of benzene rings is 1. The van der Waals surface area contributed by atoms with Gasteiger partial charge in [0.1, 0.15) is 0 Å². The Morgan fingerprint density at radius 1 is 1.04 bits per heavy atom. The smallest absolute Gasteiger partial charge is 0.316 e. The maximum Gasteiger partial charge on any atom is 0.359 e. The van der Waals surface area contributed by atoms with Crippen molar-refractivity contribution in [1.29, 1.82) is 0 Å². The molecule has 3 rings (SSSR count). The molecule has 0 spiro atoms. The zero-order chi connectivity index (χ0) is 16.3. The molecule has 1 aromatic rings. The highest BCUT2D eigenvalue weighted by molar-refractivity contribution is 5.26. The molecule has 0 N–H and O–H groups in total. The van der Waals surface area contributed by atoms with Crippen LogP contribution >= 0.6 is 0 Å². The van der Waals surface area contributed by atoms with Gasteiger partial charge in [0, 0.05) is 0 Å². The topological polar surface area (TPSA) is 9.23 Å². The van der Waals surface area contributed by atoms with Crippen molar-refractivity contribution >= 4 is 0 Å². The van der Waals surface area contributed by atoms with Gasteiger partial charge in [-0.25, -0.2) is 0 Å². The van der Waals surface area contributed by atoms with Crippen LogP contribution < -0.4 is 0 Å². The van der Waals surface area contributed by atoms with Gasteiger partial charge in [0.05, 0.1) is 13.0 Å². The van der Waals surface area contributed by atoms with Gasteiger partial charge in [0.25, 0.3) is 0 Å². The van der Waals surface area contributed by atoms with Gasteiger partial charge in [0.15, 0.2) is 0 Å². The van der Waals surface area contributed by atoms with E-state index in [1.165, 1.54) is 17.5 Å². The molecule has 1 aliphatic heterocycles. The Balaban J connectivity index is 1.55. The molecule has 0 unspecified atom stereocenters. The molecule has 2 aliphatic rings. The molecule has 0 radical (unpaired) electrons. The van der Waals surface area contributed by atoms with E-state index in [0.29, 0.717) is 11.8 Å². The first-order chi connectivity index (χ1) is 11.1. The van der Waals surface area contributed by atoms with Crippen molar-refractivity contribution in [2.75, 3.05) is 6.61 Å². The molecule has 0 aromatic heterocycles. The van der Waals surface area contributed by atoms with E-state index in [1.807, 2.05) is 0 Å². The lowest BCUT2D eigenvalue weighted by molar-refractivity contribution is -0.236. The van der Waals surface area contributed by atoms with E-state index in [4.69, 9.17) is 0 Å². The number of hydrogen-bond donors (Lipinski definition) is 0. The monoisotopic (exact) mass is 320 g/mol. The Labute approximate surface area is 137 Å². The van der Waals surface area contributed by atoms with Crippen LogP contribution in [0.3, 0.4) is 0 Å². The Kier molecular flexibility index (Phi) is 5.15. The minimum Gasteiger partial charge on any atom is -0.316 e. The molecule has 1 aliphatic carbocycles. The summed E-state index contributed by atoms with van der Waals surface area (Å²) in [6, 6.07) is 9.06. The predicted octanol–water partition coefficient (Wildman–Crippen LogP) is 5.85. The molecule has 1 saturated carbocycles. The van der Waals surface area contributed by atoms with E-state index in [9.17, 15) is 8.78 Å². The quantitative estimate of drug-likeness (QED) is 0.632. The fourth-order valence-electron chi connectivity index (χ4n) is 3.88. The SMILES string of the molecule is CCCc1ccc(C2CCC(C3=CCC(F)(F)OC3)CC2)cc1. The molecule has 1 aromatic carbocycles. The minimum absolute atomic E-state index is 0.105. The highest BCUT2D eigenvalue weighted by Gasteiger charge is 2.35. The summed E-state index contributed by atoms with van der Waals surface area (Å²) < 4.78 is 30.8. The lowest BCUT2D eigenvalue weighted by Crippen LogP contribution is -2.28. The van der Waals surface area contributed by atoms with Crippen molar-refractivity contribution < 1.29 is 13.5 Å². The summed E-state index contributed by atoms with van der Waals surface area (Å²) in [5, 5.41) is 0. The van der Waals surface area contributed by atoms with Crippen molar-refractivity contribution in [1.82, 2.24) is 0 Å². The summed E-state index contributed by atoms with van der Waals surface area (Å²) in [6.07, 6.45) is 5.28. The molecule has 0 saturated heterocycles. The largest absolute Gasteiger partial charge is 0.359 e. The average Bonchev–Trinajstić information content (AvgIpc) is 2.56. The van der Waals surface area contributed by atoms with Crippen LogP contribution in [0.25, 0.3) is 0 Å². The molecule has 0 atom stereocenters. The maximum absolute atomic E-state index is 13.0. The first kappa shape index (κ1) is 16.6. The third kappa shape index (κ3) is 4.20. The van der Waals surface area contributed by atoms with E-state index in [1.54, 1.807) is 6.08 Å². The summed E-state index contributed by atoms with van der Waals surface area (Å²) in [5.74, 6) is 1.05. The standard InChI is InChI=1S/C20H26F2O/c1-2-3-15-4-6-16(7-5-15)17-8-10-18(11-9-17)19-12-13-20(21,22)23-14-19/h4-7,12,17-18H,2-3,8-11,13-14H2,1H3. The normalized spacial score (nSPS) is 27.5. The van der Waals surface area contributed by atoms with Gasteiger partial charge in [-0.15, -0.1) is 0 Å². The first-order valence-corrected chi connectivity index (χ1v) is 8.87. The van der Waals surface area contributed by atoms with Crippen LogP contribution in [0.4, 0.5) is 8.78 Å². The van der Waals surface area contributed by atoms with Gasteiger partial charge < -0.3 is 4.74 Å². The Morgan fingerprint density at radius 3 is 2.26 bits per heavy atom. The van der Waals surface area contributed by atoms with Gasteiger partial charge in [-0.05, 0) is 60.6 Å². The van der Waals surface area contributed by atoms with Gasteiger partial charge in [-0.2, -0.15) is 8.78 Å². The number of halogens is 2. The lowest BCUT2D eigenvalue weighted by atomic mass is 9.75. The van der Waals surface area contributed by atoms with E-state index in [-0.39, 0.29) is 13.0 Å². The van der Waals surface area contributed by atoms with Crippen LogP contribution in [0.2, 0.25) is 0 Å². The van der Waals surface area contributed by atoms with E-state index in [0.717, 1.165) is 37.7 Å². The van der Waals surface area contributed by atoms with Crippen molar-refractivity contribution in [3.63, 3.8) is 0 Å². The van der Waals surface area contributed by atoms with Gasteiger partial charge >= 0.3 is 6.11 Å². The van der Waals surface area contributed by atoms with Crippen LogP contribution in [0.15, 0.2) is 35.9 Å². The molecule has 1 heterocycles. The van der Waals surface area contributed by atoms with Gasteiger partial charge in [-0.1, -0.05) is 43.7 Å². The molecular weight excluding hydrogens is 294 g/mol. The number of ether oxygens (including phenoxy) is 1. The zero-order valence-electron chi connectivity index (χ0n) is 13.9. The summed E-state index contributed by atoms with van der Waals surface area (Å²) in [4.78, 5) is 0. The van der Waals surface area contributed by atoms with Crippen LogP contribution in [0.5, 0.6) is 0 Å². The number of aryl methyl sites for hydroxylation is 1. The van der Waals surface area contributed by atoms with E-state index in [2.05, 4.69) is 35.9 Å². The van der Waals surface area contributed by atoms with E-state index >= 15 is 0 Å². The molecule has 1 nitrogen and oxygen atoms in total. The predicted molar refractivity (Wildman–Crippen MR) is 88.7 cm³/mol. The van der Waals surface area contributed by atoms with Crippen molar-refractivity contribution in [2.45, 2.75) is 63.9 Å². The van der Waals surface area contributed by atoms with Gasteiger partial charge in [0.2, 0.25) is 0 Å². The van der Waals surface area contributed by atoms with E-state index < -0.39 is 6.11 Å². The highest BCUT2D eigenvalue weighted by Crippen LogP contribution is 2.40. The average molecular weight is 320 g/mol. The van der Waals surface area contributed by atoms with Crippen molar-refractivity contribution in [3.8, 4) is 0 Å². The Bertz CT molecular complexity index is 539. The van der Waals surface area contributed by atoms with Crippen LogP contribution in [-0.4, -0.2) is 12.7 Å². The molecule has 0 bridgehead atoms. The van der Waals surface area contributed by atoms with Crippen LogP contribution in [-0.2, 0) is 11.2 Å². The number of alkyl halides is 2. The highest BCUT2D eigenvalue weighted by atomic mass is 19.3. The minimum atomic E-state index is -2.96. The fraction of sp³-hybridized carbons (Fsp3) is 0.600. The summed E-state index contributed by atoms with van der Waals surface area (Å²) in [6.45, 7) is 2.31. The lowest BCUT2D eigenvalue weighted by Gasteiger charge is -2.33. The van der Waals surface area contributed by atoms with Gasteiger partial charge in [-0.3, -0.25) is 0 Å². The van der Waals surface area contributed by atoms with Crippen LogP contribution in [0, 0.1) is 5.92 Å². The summed E-state index contributed by atoms with van der Waals surface area (Å²) >= 11 is 0. The number of hydrogen-bond acceptors (Lipinski definition) is 1. The third-order valence-electron chi connectivity index (χ3n) is 5.29. The summed E-state index contributed by atoms with van der Waals surface area (Å²) in [5.41, 5.74) is 3.94. The summed E-state index contributed by atoms with van der Waals surface area (Å²) in [7, 11) is 0. The molecular formula is C20H26F2O. The fourth-order valence-corrected chi connectivity index (χ4v) is 3.88. The van der Waals surface area contributed by atoms with Crippen molar-refractivity contribution in [3.05, 3.63) is 47.0 Å². The second-order valence-electron chi connectivity index (χ2n) is 6.95. The van der Waals surface area contributed by atoms with Crippen LogP contribution in [0.1, 0.15) is 62.5 Å². The molecule has 0 amide bonds.